The molecule has 1 aromatic carbocycles. The summed E-state index contributed by atoms with van der Waals surface area (Å²) >= 11 is 0. The second kappa shape index (κ2) is 7.61. The van der Waals surface area contributed by atoms with Gasteiger partial charge in [0, 0.05) is 36.6 Å². The second-order valence-corrected chi connectivity index (χ2v) is 9.35. The van der Waals surface area contributed by atoms with Crippen LogP contribution in [0.5, 0.6) is 0 Å². The van der Waals surface area contributed by atoms with Crippen LogP contribution >= 0.6 is 0 Å². The van der Waals surface area contributed by atoms with Crippen LogP contribution in [0.2, 0.25) is 0 Å². The fourth-order valence-corrected chi connectivity index (χ4v) is 5.70. The molecule has 1 aliphatic carbocycles. The smallest absolute Gasteiger partial charge is 0.155 e. The molecule has 4 heterocycles. The minimum atomic E-state index is -0.461. The van der Waals surface area contributed by atoms with E-state index in [-0.39, 0.29) is 17.0 Å². The highest BCUT2D eigenvalue weighted by Crippen LogP contribution is 2.50. The van der Waals surface area contributed by atoms with E-state index in [1.54, 1.807) is 22.8 Å². The Morgan fingerprint density at radius 2 is 2.00 bits per heavy atom. The minimum Gasteiger partial charge on any atom is -0.355 e. The molecule has 0 saturated carbocycles. The van der Waals surface area contributed by atoms with Gasteiger partial charge in [-0.2, -0.15) is 10.4 Å². The Balaban J connectivity index is 1.34. The number of nitriles is 1. The molecule has 3 aromatic heterocycles. The van der Waals surface area contributed by atoms with E-state index >= 15 is 0 Å². The van der Waals surface area contributed by atoms with Crippen LogP contribution in [-0.4, -0.2) is 32.7 Å². The van der Waals surface area contributed by atoms with Gasteiger partial charge < -0.3 is 10.6 Å². The summed E-state index contributed by atoms with van der Waals surface area (Å²) in [6.07, 6.45) is 6.39. The summed E-state index contributed by atoms with van der Waals surface area (Å²) in [5, 5.41) is 13.6. The first kappa shape index (κ1) is 20.8. The number of nitrogens with zero attached hydrogens (tertiary/aromatic N) is 6. The fraction of sp³-hybridized carbons (Fsp3) is 0.308. The van der Waals surface area contributed by atoms with E-state index in [0.717, 1.165) is 49.4 Å². The Morgan fingerprint density at radius 3 is 2.74 bits per heavy atom. The molecule has 34 heavy (non-hydrogen) atoms. The second-order valence-electron chi connectivity index (χ2n) is 9.35. The van der Waals surface area contributed by atoms with E-state index in [1.165, 1.54) is 11.6 Å². The molecular weight excluding hydrogens is 429 g/mol. The Bertz CT molecular complexity index is 1460. The average Bonchev–Trinajstić information content (AvgIpc) is 3.43. The molecule has 1 atom stereocenters. The molecule has 0 unspecified atom stereocenters. The number of hydrogen-bond acceptors (Lipinski definition) is 6. The first-order valence-electron chi connectivity index (χ1n) is 11.5. The number of halogens is 1. The van der Waals surface area contributed by atoms with Crippen LogP contribution in [0.3, 0.4) is 0 Å². The fourth-order valence-electron chi connectivity index (χ4n) is 5.70. The number of aromatic nitrogens is 4. The molecule has 170 valence electrons. The van der Waals surface area contributed by atoms with Gasteiger partial charge in [0.15, 0.2) is 5.82 Å². The van der Waals surface area contributed by atoms with Crippen molar-refractivity contribution < 1.29 is 4.39 Å². The number of benzene rings is 1. The van der Waals surface area contributed by atoms with Gasteiger partial charge >= 0.3 is 0 Å². The minimum absolute atomic E-state index is 0.00441. The molecule has 2 aliphatic rings. The molecule has 2 N–H and O–H groups in total. The Morgan fingerprint density at radius 1 is 1.18 bits per heavy atom. The van der Waals surface area contributed by atoms with Crippen molar-refractivity contribution in [2.75, 3.05) is 18.0 Å². The van der Waals surface area contributed by atoms with Crippen LogP contribution in [0.4, 0.5) is 10.2 Å². The van der Waals surface area contributed by atoms with Crippen LogP contribution in [0.15, 0.2) is 48.8 Å². The summed E-state index contributed by atoms with van der Waals surface area (Å²) in [6, 6.07) is 12.5. The first-order chi connectivity index (χ1) is 16.5. The standard InChI is InChI=1S/C26H24FN7/c1-16-23(18-5-4-17(15-28)13-20(18)27)34-22(6-10-31-34)25(32-16)33-11-7-26(8-12-33)14-21-19(24(26)29)3-2-9-30-21/h2-6,9-10,13,24H,7-8,11-12,14,29H2,1H3/t24-/m1/s1. The van der Waals surface area contributed by atoms with E-state index in [0.29, 0.717) is 17.0 Å². The molecule has 0 amide bonds. The lowest BCUT2D eigenvalue weighted by Gasteiger charge is -2.42. The van der Waals surface area contributed by atoms with Crippen molar-refractivity contribution in [2.24, 2.45) is 11.1 Å². The topological polar surface area (TPSA) is 96.1 Å². The van der Waals surface area contributed by atoms with Crippen molar-refractivity contribution in [3.05, 3.63) is 77.1 Å². The molecule has 1 saturated heterocycles. The Hall–Kier alpha value is -3.83. The average molecular weight is 454 g/mol. The molecule has 1 fully saturated rings. The number of hydrogen-bond donors (Lipinski definition) is 1. The van der Waals surface area contributed by atoms with Gasteiger partial charge in [0.25, 0.3) is 0 Å². The summed E-state index contributed by atoms with van der Waals surface area (Å²) in [5.41, 5.74) is 11.8. The van der Waals surface area contributed by atoms with Gasteiger partial charge in [-0.1, -0.05) is 6.07 Å². The van der Waals surface area contributed by atoms with Crippen molar-refractivity contribution in [3.63, 3.8) is 0 Å². The largest absolute Gasteiger partial charge is 0.355 e. The van der Waals surface area contributed by atoms with Crippen molar-refractivity contribution >= 4 is 11.3 Å². The lowest BCUT2D eigenvalue weighted by Crippen LogP contribution is -2.44. The maximum Gasteiger partial charge on any atom is 0.155 e. The third kappa shape index (κ3) is 3.01. The van der Waals surface area contributed by atoms with Crippen molar-refractivity contribution in [1.82, 2.24) is 19.6 Å². The van der Waals surface area contributed by atoms with Crippen molar-refractivity contribution in [3.8, 4) is 17.3 Å². The number of fused-ring (bicyclic) bond motifs is 2. The summed E-state index contributed by atoms with van der Waals surface area (Å²) in [7, 11) is 0. The van der Waals surface area contributed by atoms with Crippen LogP contribution in [0.1, 0.15) is 41.4 Å². The quantitative estimate of drug-likeness (QED) is 0.494. The Labute approximate surface area is 196 Å². The van der Waals surface area contributed by atoms with Crippen LogP contribution in [0, 0.1) is 29.5 Å². The van der Waals surface area contributed by atoms with Gasteiger partial charge in [0.05, 0.1) is 29.2 Å². The zero-order valence-electron chi connectivity index (χ0n) is 18.9. The van der Waals surface area contributed by atoms with E-state index < -0.39 is 5.82 Å². The third-order valence-corrected chi connectivity index (χ3v) is 7.55. The lowest BCUT2D eigenvalue weighted by molar-refractivity contribution is 0.187. The summed E-state index contributed by atoms with van der Waals surface area (Å²) < 4.78 is 16.6. The van der Waals surface area contributed by atoms with Gasteiger partial charge in [0.2, 0.25) is 0 Å². The van der Waals surface area contributed by atoms with Gasteiger partial charge in [0.1, 0.15) is 11.3 Å². The molecule has 0 bridgehead atoms. The number of rotatable bonds is 2. The molecule has 7 nitrogen and oxygen atoms in total. The summed E-state index contributed by atoms with van der Waals surface area (Å²) in [6.45, 7) is 3.54. The maximum absolute atomic E-state index is 14.9. The maximum atomic E-state index is 14.9. The number of pyridine rings is 1. The first-order valence-corrected chi connectivity index (χ1v) is 11.5. The van der Waals surface area contributed by atoms with E-state index in [1.807, 2.05) is 31.3 Å². The molecular formula is C26H24FN7. The molecule has 0 radical (unpaired) electrons. The van der Waals surface area contributed by atoms with Crippen LogP contribution in [0.25, 0.3) is 16.8 Å². The number of piperidine rings is 1. The lowest BCUT2D eigenvalue weighted by atomic mass is 9.73. The van der Waals surface area contributed by atoms with E-state index in [2.05, 4.69) is 21.0 Å². The third-order valence-electron chi connectivity index (χ3n) is 7.55. The monoisotopic (exact) mass is 453 g/mol. The number of anilines is 1. The highest BCUT2D eigenvalue weighted by Gasteiger charge is 2.46. The zero-order chi connectivity index (χ0) is 23.4. The normalized spacial score (nSPS) is 18.9. The van der Waals surface area contributed by atoms with Crippen LogP contribution in [-0.2, 0) is 6.42 Å². The number of nitrogens with two attached hydrogens (primary N) is 1. The molecule has 4 aromatic rings. The molecule has 8 heteroatoms. The SMILES string of the molecule is Cc1nc(N2CCC3(CC2)Cc2ncccc2[C@H]3N)c2ccnn2c1-c1ccc(C#N)cc1F. The molecule has 1 aliphatic heterocycles. The predicted molar refractivity (Wildman–Crippen MR) is 127 cm³/mol. The molecule has 1 spiro atoms. The molecule has 6 rings (SSSR count). The van der Waals surface area contributed by atoms with E-state index in [4.69, 9.17) is 16.0 Å². The summed E-state index contributed by atoms with van der Waals surface area (Å²) in [5.74, 6) is 0.390. The van der Waals surface area contributed by atoms with Gasteiger partial charge in [-0.3, -0.25) is 4.98 Å². The highest BCUT2D eigenvalue weighted by molar-refractivity contribution is 5.76. The van der Waals surface area contributed by atoms with Gasteiger partial charge in [-0.25, -0.2) is 13.9 Å². The summed E-state index contributed by atoms with van der Waals surface area (Å²) in [4.78, 5) is 11.8. The van der Waals surface area contributed by atoms with E-state index in [9.17, 15) is 4.39 Å². The van der Waals surface area contributed by atoms with Crippen molar-refractivity contribution in [1.29, 1.82) is 5.26 Å². The highest BCUT2D eigenvalue weighted by atomic mass is 19.1. The van der Waals surface area contributed by atoms with Crippen molar-refractivity contribution in [2.45, 2.75) is 32.2 Å². The van der Waals surface area contributed by atoms with Crippen LogP contribution < -0.4 is 10.6 Å². The zero-order valence-corrected chi connectivity index (χ0v) is 18.9. The predicted octanol–water partition coefficient (Wildman–Crippen LogP) is 3.95. The Kier molecular flexibility index (Phi) is 4.64. The van der Waals surface area contributed by atoms with Gasteiger partial charge in [-0.05, 0) is 67.5 Å². The number of aryl methyl sites for hydroxylation is 1. The van der Waals surface area contributed by atoms with Gasteiger partial charge in [-0.15, -0.1) is 0 Å².